The first-order chi connectivity index (χ1) is 8.83. The van der Waals surface area contributed by atoms with Crippen LogP contribution in [0.25, 0.3) is 0 Å². The molecule has 0 spiro atoms. The summed E-state index contributed by atoms with van der Waals surface area (Å²) in [5.74, 6) is 0.695. The van der Waals surface area contributed by atoms with E-state index in [1.54, 1.807) is 0 Å². The van der Waals surface area contributed by atoms with Gasteiger partial charge in [-0.3, -0.25) is 0 Å². The van der Waals surface area contributed by atoms with Gasteiger partial charge in [0.25, 0.3) is 0 Å². The van der Waals surface area contributed by atoms with E-state index in [0.29, 0.717) is 12.4 Å². The minimum atomic E-state index is 0.0249. The largest absolute Gasteiger partial charge is 0.467 e. The molecule has 1 heterocycles. The van der Waals surface area contributed by atoms with Gasteiger partial charge in [0.1, 0.15) is 6.10 Å². The highest BCUT2D eigenvalue weighted by atomic mass is 35.5. The predicted octanol–water partition coefficient (Wildman–Crippen LogP) is 3.86. The van der Waals surface area contributed by atoms with Crippen LogP contribution in [-0.4, -0.2) is 12.4 Å². The predicted molar refractivity (Wildman–Crippen MR) is 73.1 cm³/mol. The van der Waals surface area contributed by atoms with Crippen molar-refractivity contribution in [1.29, 1.82) is 0 Å². The Hall–Kier alpha value is -1.80. The number of benzene rings is 2. The van der Waals surface area contributed by atoms with E-state index in [9.17, 15) is 0 Å². The molecule has 0 fully saturated rings. The second kappa shape index (κ2) is 4.83. The molecule has 0 aliphatic carbocycles. The Labute approximate surface area is 111 Å². The standard InChI is InChI=1S/C15H12ClNO/c16-13-8-6-12(7-9-13)15-17-10-14(18-15)11-4-2-1-3-5-11/h1-9,14H,10H2. The van der Waals surface area contributed by atoms with Crippen LogP contribution in [-0.2, 0) is 4.74 Å². The molecule has 1 atom stereocenters. The Kier molecular flexibility index (Phi) is 3.03. The molecule has 2 aromatic carbocycles. The summed E-state index contributed by atoms with van der Waals surface area (Å²) in [6, 6.07) is 17.7. The number of halogens is 1. The van der Waals surface area contributed by atoms with Crippen molar-refractivity contribution in [2.24, 2.45) is 4.99 Å². The molecule has 0 radical (unpaired) electrons. The second-order valence-electron chi connectivity index (χ2n) is 4.17. The van der Waals surface area contributed by atoms with Crippen LogP contribution >= 0.6 is 11.6 Å². The van der Waals surface area contributed by atoms with Crippen molar-refractivity contribution >= 4 is 17.5 Å². The molecule has 3 heteroatoms. The molecule has 2 aromatic rings. The van der Waals surface area contributed by atoms with Gasteiger partial charge in [-0.05, 0) is 29.8 Å². The topological polar surface area (TPSA) is 21.6 Å². The summed E-state index contributed by atoms with van der Waals surface area (Å²) in [5, 5.41) is 0.719. The van der Waals surface area contributed by atoms with Gasteiger partial charge in [0, 0.05) is 10.6 Å². The molecule has 0 aromatic heterocycles. The maximum absolute atomic E-state index is 5.88. The van der Waals surface area contributed by atoms with Gasteiger partial charge in [-0.1, -0.05) is 41.9 Å². The van der Waals surface area contributed by atoms with Gasteiger partial charge in [-0.15, -0.1) is 0 Å². The molecule has 3 rings (SSSR count). The second-order valence-corrected chi connectivity index (χ2v) is 4.61. The van der Waals surface area contributed by atoms with E-state index in [2.05, 4.69) is 17.1 Å². The zero-order valence-corrected chi connectivity index (χ0v) is 10.5. The average molecular weight is 258 g/mol. The van der Waals surface area contributed by atoms with Gasteiger partial charge in [-0.25, -0.2) is 4.99 Å². The van der Waals surface area contributed by atoms with Crippen molar-refractivity contribution in [3.63, 3.8) is 0 Å². The van der Waals surface area contributed by atoms with Crippen LogP contribution in [0.4, 0.5) is 0 Å². The van der Waals surface area contributed by atoms with E-state index in [4.69, 9.17) is 16.3 Å². The summed E-state index contributed by atoms with van der Waals surface area (Å²) in [6.07, 6.45) is 0.0249. The number of nitrogens with zero attached hydrogens (tertiary/aromatic N) is 1. The van der Waals surface area contributed by atoms with E-state index in [1.165, 1.54) is 0 Å². The smallest absolute Gasteiger partial charge is 0.216 e. The third-order valence-electron chi connectivity index (χ3n) is 2.92. The maximum atomic E-state index is 5.88. The van der Waals surface area contributed by atoms with Gasteiger partial charge in [0.05, 0.1) is 6.54 Å². The Morgan fingerprint density at radius 3 is 2.44 bits per heavy atom. The van der Waals surface area contributed by atoms with Gasteiger partial charge in [0.15, 0.2) is 0 Å². The average Bonchev–Trinajstić information content (AvgIpc) is 2.90. The van der Waals surface area contributed by atoms with Crippen LogP contribution in [0.1, 0.15) is 17.2 Å². The lowest BCUT2D eigenvalue weighted by atomic mass is 10.1. The lowest BCUT2D eigenvalue weighted by Gasteiger charge is -2.11. The SMILES string of the molecule is Clc1ccc(C2=NCC(c3ccccc3)O2)cc1. The molecule has 0 saturated carbocycles. The van der Waals surface area contributed by atoms with Crippen LogP contribution < -0.4 is 0 Å². The van der Waals surface area contributed by atoms with Crippen molar-refractivity contribution < 1.29 is 4.74 Å². The number of aliphatic imine (C=N–C) groups is 1. The van der Waals surface area contributed by atoms with Crippen LogP contribution in [0.2, 0.25) is 5.02 Å². The Morgan fingerprint density at radius 1 is 1.00 bits per heavy atom. The molecule has 2 nitrogen and oxygen atoms in total. The fourth-order valence-electron chi connectivity index (χ4n) is 1.97. The Balaban J connectivity index is 1.77. The molecule has 1 unspecified atom stereocenters. The number of hydrogen-bond donors (Lipinski definition) is 0. The van der Waals surface area contributed by atoms with Gasteiger partial charge in [0.2, 0.25) is 5.90 Å². The van der Waals surface area contributed by atoms with E-state index in [0.717, 1.165) is 16.1 Å². The minimum absolute atomic E-state index is 0.0249. The molecule has 0 N–H and O–H groups in total. The quantitative estimate of drug-likeness (QED) is 0.801. The minimum Gasteiger partial charge on any atom is -0.467 e. The lowest BCUT2D eigenvalue weighted by Crippen LogP contribution is -2.05. The van der Waals surface area contributed by atoms with Gasteiger partial charge < -0.3 is 4.74 Å². The van der Waals surface area contributed by atoms with Crippen molar-refractivity contribution in [2.75, 3.05) is 6.54 Å². The highest BCUT2D eigenvalue weighted by Crippen LogP contribution is 2.25. The summed E-state index contributed by atoms with van der Waals surface area (Å²) in [4.78, 5) is 4.44. The summed E-state index contributed by atoms with van der Waals surface area (Å²) >= 11 is 5.86. The van der Waals surface area contributed by atoms with Crippen molar-refractivity contribution in [3.8, 4) is 0 Å². The van der Waals surface area contributed by atoms with Crippen molar-refractivity contribution in [1.82, 2.24) is 0 Å². The maximum Gasteiger partial charge on any atom is 0.216 e. The molecule has 1 aliphatic rings. The molecule has 18 heavy (non-hydrogen) atoms. The summed E-state index contributed by atoms with van der Waals surface area (Å²) in [6.45, 7) is 0.669. The highest BCUT2D eigenvalue weighted by Gasteiger charge is 2.22. The number of hydrogen-bond acceptors (Lipinski definition) is 2. The third-order valence-corrected chi connectivity index (χ3v) is 3.17. The molecule has 0 saturated heterocycles. The highest BCUT2D eigenvalue weighted by molar-refractivity contribution is 6.30. The first kappa shape index (κ1) is 11.3. The molecule has 0 amide bonds. The van der Waals surface area contributed by atoms with E-state index < -0.39 is 0 Å². The first-order valence-corrected chi connectivity index (χ1v) is 6.23. The fraction of sp³-hybridized carbons (Fsp3) is 0.133. The van der Waals surface area contributed by atoms with Crippen LogP contribution in [0.3, 0.4) is 0 Å². The van der Waals surface area contributed by atoms with Crippen LogP contribution in [0.15, 0.2) is 59.6 Å². The molecular formula is C15H12ClNO. The van der Waals surface area contributed by atoms with Crippen LogP contribution in [0, 0.1) is 0 Å². The number of rotatable bonds is 2. The molecule has 0 bridgehead atoms. The van der Waals surface area contributed by atoms with E-state index in [-0.39, 0.29) is 6.10 Å². The summed E-state index contributed by atoms with van der Waals surface area (Å²) < 4.78 is 5.88. The Morgan fingerprint density at radius 2 is 1.72 bits per heavy atom. The summed E-state index contributed by atoms with van der Waals surface area (Å²) in [7, 11) is 0. The lowest BCUT2D eigenvalue weighted by molar-refractivity contribution is 0.230. The zero-order valence-electron chi connectivity index (χ0n) is 9.71. The van der Waals surface area contributed by atoms with E-state index in [1.807, 2.05) is 42.5 Å². The third kappa shape index (κ3) is 2.24. The van der Waals surface area contributed by atoms with Gasteiger partial charge >= 0.3 is 0 Å². The molecule has 1 aliphatic heterocycles. The van der Waals surface area contributed by atoms with Crippen molar-refractivity contribution in [2.45, 2.75) is 6.10 Å². The fourth-order valence-corrected chi connectivity index (χ4v) is 2.09. The normalized spacial score (nSPS) is 18.3. The monoisotopic (exact) mass is 257 g/mol. The van der Waals surface area contributed by atoms with Crippen LogP contribution in [0.5, 0.6) is 0 Å². The van der Waals surface area contributed by atoms with E-state index >= 15 is 0 Å². The molecule has 90 valence electrons. The molecular weight excluding hydrogens is 246 g/mol. The zero-order chi connectivity index (χ0) is 12.4. The van der Waals surface area contributed by atoms with Crippen molar-refractivity contribution in [3.05, 3.63) is 70.7 Å². The van der Waals surface area contributed by atoms with Gasteiger partial charge in [-0.2, -0.15) is 0 Å². The first-order valence-electron chi connectivity index (χ1n) is 5.85. The summed E-state index contributed by atoms with van der Waals surface area (Å²) in [5.41, 5.74) is 2.13. The number of ether oxygens (including phenoxy) is 1. The Bertz CT molecular complexity index is 563.